The van der Waals surface area contributed by atoms with Gasteiger partial charge in [0.25, 0.3) is 0 Å². The third-order valence-electron chi connectivity index (χ3n) is 3.65. The zero-order chi connectivity index (χ0) is 16.9. The minimum absolute atomic E-state index is 0. The molecule has 4 nitrogen and oxygen atoms in total. The molecule has 0 saturated carbocycles. The number of carbonyl (C=O) groups excluding carboxylic acids is 1. The minimum Gasteiger partial charge on any atom is -0.497 e. The first-order valence-corrected chi connectivity index (χ1v) is 8.91. The van der Waals surface area contributed by atoms with Gasteiger partial charge in [-0.2, -0.15) is 0 Å². The first-order chi connectivity index (χ1) is 11.7. The summed E-state index contributed by atoms with van der Waals surface area (Å²) in [4.78, 5) is 19.1. The van der Waals surface area contributed by atoms with Crippen molar-refractivity contribution in [2.24, 2.45) is 4.99 Å². The number of rotatable bonds is 5. The van der Waals surface area contributed by atoms with Crippen LogP contribution in [0.3, 0.4) is 0 Å². The standard InChI is InChI=1S/C18H17ClN2O2S.BrH/c1-23-16-8-6-15(7-9-16)21(18-20-10-11-24-18)12-17(22)13-2-4-14(19)5-3-13;/h2-9H,10-12H2,1H3;1H. The highest BCUT2D eigenvalue weighted by atomic mass is 79.9. The molecular weight excluding hydrogens is 424 g/mol. The van der Waals surface area contributed by atoms with Crippen molar-refractivity contribution in [3.05, 3.63) is 59.1 Å². The van der Waals surface area contributed by atoms with E-state index in [1.54, 1.807) is 43.1 Å². The molecule has 0 aliphatic carbocycles. The molecule has 0 unspecified atom stereocenters. The van der Waals surface area contributed by atoms with Gasteiger partial charge in [0.2, 0.25) is 0 Å². The Labute approximate surface area is 167 Å². The molecule has 0 N–H and O–H groups in total. The number of Topliss-reactive ketones (excluding diaryl/α,β-unsaturated/α-hetero) is 1. The molecule has 3 rings (SSSR count). The van der Waals surface area contributed by atoms with E-state index in [2.05, 4.69) is 4.99 Å². The molecule has 2 aromatic rings. The lowest BCUT2D eigenvalue weighted by molar-refractivity contribution is 0.100. The molecule has 0 saturated heterocycles. The molecule has 0 atom stereocenters. The number of ketones is 1. The van der Waals surface area contributed by atoms with Crippen LogP contribution in [0, 0.1) is 0 Å². The van der Waals surface area contributed by atoms with Crippen LogP contribution in [0.5, 0.6) is 5.75 Å². The van der Waals surface area contributed by atoms with Crippen LogP contribution < -0.4 is 9.64 Å². The normalized spacial score (nSPS) is 13.0. The Morgan fingerprint density at radius 1 is 1.20 bits per heavy atom. The predicted molar refractivity (Wildman–Crippen MR) is 111 cm³/mol. The molecule has 0 amide bonds. The summed E-state index contributed by atoms with van der Waals surface area (Å²) in [6.07, 6.45) is 0. The molecule has 0 aromatic heterocycles. The van der Waals surface area contributed by atoms with E-state index >= 15 is 0 Å². The maximum atomic E-state index is 12.6. The van der Waals surface area contributed by atoms with E-state index in [0.29, 0.717) is 10.6 Å². The third kappa shape index (κ3) is 5.00. The maximum Gasteiger partial charge on any atom is 0.182 e. The van der Waals surface area contributed by atoms with Crippen LogP contribution in [0.4, 0.5) is 5.69 Å². The van der Waals surface area contributed by atoms with E-state index < -0.39 is 0 Å². The summed E-state index contributed by atoms with van der Waals surface area (Å²) in [6.45, 7) is 1.02. The highest BCUT2D eigenvalue weighted by molar-refractivity contribution is 8.93. The molecule has 1 heterocycles. The molecule has 1 aliphatic rings. The molecule has 1 aliphatic heterocycles. The molecule has 0 spiro atoms. The highest BCUT2D eigenvalue weighted by Gasteiger charge is 2.21. The Morgan fingerprint density at radius 2 is 1.88 bits per heavy atom. The van der Waals surface area contributed by atoms with Gasteiger partial charge in [0.05, 0.1) is 20.2 Å². The number of nitrogens with zero attached hydrogens (tertiary/aromatic N) is 2. The van der Waals surface area contributed by atoms with Crippen LogP contribution in [-0.4, -0.2) is 36.9 Å². The van der Waals surface area contributed by atoms with E-state index in [1.165, 1.54) is 0 Å². The van der Waals surface area contributed by atoms with Crippen LogP contribution in [0.2, 0.25) is 5.02 Å². The Balaban J connectivity index is 0.00000225. The Bertz CT molecular complexity index is 751. The van der Waals surface area contributed by atoms with Crippen molar-refractivity contribution in [2.45, 2.75) is 0 Å². The summed E-state index contributed by atoms with van der Waals surface area (Å²) in [6, 6.07) is 14.6. The summed E-state index contributed by atoms with van der Waals surface area (Å²) < 4.78 is 5.20. The summed E-state index contributed by atoms with van der Waals surface area (Å²) >= 11 is 7.56. The van der Waals surface area contributed by atoms with E-state index in [1.807, 2.05) is 29.2 Å². The number of thioether (sulfide) groups is 1. The van der Waals surface area contributed by atoms with Gasteiger partial charge in [-0.05, 0) is 48.5 Å². The SMILES string of the molecule is Br.COc1ccc(N(CC(=O)c2ccc(Cl)cc2)C2=NCCS2)cc1. The van der Waals surface area contributed by atoms with Crippen molar-refractivity contribution in [3.63, 3.8) is 0 Å². The summed E-state index contributed by atoms with van der Waals surface area (Å²) in [5.41, 5.74) is 1.56. The predicted octanol–water partition coefficient (Wildman–Crippen LogP) is 4.72. The van der Waals surface area contributed by atoms with Crippen LogP contribution in [0.15, 0.2) is 53.5 Å². The van der Waals surface area contributed by atoms with Crippen molar-refractivity contribution in [3.8, 4) is 5.75 Å². The molecule has 2 aromatic carbocycles. The van der Waals surface area contributed by atoms with Gasteiger partial charge in [-0.25, -0.2) is 0 Å². The lowest BCUT2D eigenvalue weighted by Gasteiger charge is -2.23. The first-order valence-electron chi connectivity index (χ1n) is 7.55. The molecule has 0 bridgehead atoms. The fraction of sp³-hybridized carbons (Fsp3) is 0.222. The van der Waals surface area contributed by atoms with Crippen molar-refractivity contribution in [1.29, 1.82) is 0 Å². The molecule has 7 heteroatoms. The summed E-state index contributed by atoms with van der Waals surface area (Å²) in [5.74, 6) is 1.75. The summed E-state index contributed by atoms with van der Waals surface area (Å²) in [5, 5.41) is 1.50. The minimum atomic E-state index is 0. The second kappa shape index (κ2) is 9.27. The maximum absolute atomic E-state index is 12.6. The Hall–Kier alpha value is -1.50. The fourth-order valence-corrected chi connectivity index (χ4v) is 3.39. The highest BCUT2D eigenvalue weighted by Crippen LogP contribution is 2.25. The number of benzene rings is 2. The van der Waals surface area contributed by atoms with Crippen LogP contribution in [0.1, 0.15) is 10.4 Å². The Kier molecular flexibility index (Phi) is 7.35. The smallest absolute Gasteiger partial charge is 0.182 e. The average molecular weight is 442 g/mol. The quantitative estimate of drug-likeness (QED) is 0.630. The van der Waals surface area contributed by atoms with E-state index in [9.17, 15) is 4.79 Å². The van der Waals surface area contributed by atoms with E-state index in [0.717, 1.165) is 28.9 Å². The van der Waals surface area contributed by atoms with Gasteiger partial charge >= 0.3 is 0 Å². The zero-order valence-corrected chi connectivity index (χ0v) is 16.9. The van der Waals surface area contributed by atoms with Gasteiger partial charge in [0, 0.05) is 22.0 Å². The zero-order valence-electron chi connectivity index (χ0n) is 13.6. The lowest BCUT2D eigenvalue weighted by Crippen LogP contribution is -2.33. The first kappa shape index (κ1) is 19.8. The van der Waals surface area contributed by atoms with Gasteiger partial charge in [0.15, 0.2) is 11.0 Å². The van der Waals surface area contributed by atoms with Crippen LogP contribution >= 0.6 is 40.3 Å². The van der Waals surface area contributed by atoms with Gasteiger partial charge in [0.1, 0.15) is 5.75 Å². The Morgan fingerprint density at radius 3 is 2.44 bits per heavy atom. The molecule has 0 fully saturated rings. The number of carbonyl (C=O) groups is 1. The fourth-order valence-electron chi connectivity index (χ4n) is 2.39. The third-order valence-corrected chi connectivity index (χ3v) is 4.90. The monoisotopic (exact) mass is 440 g/mol. The second-order valence-electron chi connectivity index (χ2n) is 5.23. The number of halogens is 2. The number of methoxy groups -OCH3 is 1. The van der Waals surface area contributed by atoms with E-state index in [-0.39, 0.29) is 29.3 Å². The number of hydrogen-bond donors (Lipinski definition) is 0. The van der Waals surface area contributed by atoms with Gasteiger partial charge in [-0.3, -0.25) is 9.79 Å². The van der Waals surface area contributed by atoms with Crippen molar-refractivity contribution >= 4 is 57.0 Å². The van der Waals surface area contributed by atoms with Crippen molar-refractivity contribution in [2.75, 3.05) is 30.9 Å². The largest absolute Gasteiger partial charge is 0.497 e. The van der Waals surface area contributed by atoms with Crippen molar-refractivity contribution in [1.82, 2.24) is 0 Å². The van der Waals surface area contributed by atoms with Gasteiger partial charge < -0.3 is 9.64 Å². The molecule has 132 valence electrons. The number of aliphatic imine (C=N–C) groups is 1. The average Bonchev–Trinajstić information content (AvgIpc) is 3.14. The van der Waals surface area contributed by atoms with Gasteiger partial charge in [-0.1, -0.05) is 23.4 Å². The van der Waals surface area contributed by atoms with Crippen LogP contribution in [-0.2, 0) is 0 Å². The molecule has 25 heavy (non-hydrogen) atoms. The number of hydrogen-bond acceptors (Lipinski definition) is 5. The molecule has 0 radical (unpaired) electrons. The van der Waals surface area contributed by atoms with E-state index in [4.69, 9.17) is 16.3 Å². The van der Waals surface area contributed by atoms with Crippen LogP contribution in [0.25, 0.3) is 0 Å². The number of ether oxygens (including phenoxy) is 1. The summed E-state index contributed by atoms with van der Waals surface area (Å²) in [7, 11) is 1.63. The van der Waals surface area contributed by atoms with Gasteiger partial charge in [-0.15, -0.1) is 17.0 Å². The number of amidine groups is 1. The second-order valence-corrected chi connectivity index (χ2v) is 6.73. The number of anilines is 1. The lowest BCUT2D eigenvalue weighted by atomic mass is 10.1. The topological polar surface area (TPSA) is 41.9 Å². The van der Waals surface area contributed by atoms with Crippen molar-refractivity contribution < 1.29 is 9.53 Å². The molecular formula is C18H18BrClN2O2S.